The summed E-state index contributed by atoms with van der Waals surface area (Å²) in [6, 6.07) is 1.79. The zero-order chi connectivity index (χ0) is 14.6. The number of carboxylic acid groups (broad SMARTS) is 1. The van der Waals surface area contributed by atoms with Gasteiger partial charge >= 0.3 is 5.97 Å². The first kappa shape index (κ1) is 16.2. The van der Waals surface area contributed by atoms with Gasteiger partial charge in [-0.1, -0.05) is 27.7 Å². The number of carbonyl (C=O) groups is 1. The first-order valence-electron chi connectivity index (χ1n) is 6.86. The number of nitrogens with one attached hydrogen (secondary N) is 1. The maximum Gasteiger partial charge on any atom is 0.345 e. The van der Waals surface area contributed by atoms with Gasteiger partial charge in [-0.2, -0.15) is 0 Å². The van der Waals surface area contributed by atoms with Crippen LogP contribution in [-0.2, 0) is 6.54 Å². The lowest BCUT2D eigenvalue weighted by atomic mass is 9.85. The van der Waals surface area contributed by atoms with Gasteiger partial charge in [-0.15, -0.1) is 11.3 Å². The third-order valence-electron chi connectivity index (χ3n) is 3.64. The molecule has 0 unspecified atom stereocenters. The second-order valence-electron chi connectivity index (χ2n) is 5.78. The summed E-state index contributed by atoms with van der Waals surface area (Å²) in [6.07, 6.45) is 0. The molecule has 1 aromatic heterocycles. The lowest BCUT2D eigenvalue weighted by Gasteiger charge is -2.25. The van der Waals surface area contributed by atoms with Crippen molar-refractivity contribution in [2.75, 3.05) is 6.54 Å². The highest BCUT2D eigenvalue weighted by Gasteiger charge is 2.17. The first-order chi connectivity index (χ1) is 8.82. The minimum Gasteiger partial charge on any atom is -0.477 e. The number of thiophene rings is 1. The van der Waals surface area contributed by atoms with Crippen LogP contribution in [0.3, 0.4) is 0 Å². The van der Waals surface area contributed by atoms with E-state index in [9.17, 15) is 4.79 Å². The van der Waals surface area contributed by atoms with Gasteiger partial charge in [0.2, 0.25) is 0 Å². The van der Waals surface area contributed by atoms with E-state index in [-0.39, 0.29) is 0 Å². The summed E-state index contributed by atoms with van der Waals surface area (Å²) in [7, 11) is 0. The van der Waals surface area contributed by atoms with Crippen LogP contribution in [0.1, 0.15) is 47.8 Å². The monoisotopic (exact) mass is 283 g/mol. The van der Waals surface area contributed by atoms with E-state index in [1.165, 1.54) is 11.3 Å². The minimum atomic E-state index is -0.832. The molecule has 0 saturated heterocycles. The molecule has 1 aromatic rings. The molecule has 19 heavy (non-hydrogen) atoms. The van der Waals surface area contributed by atoms with Crippen molar-refractivity contribution in [3.63, 3.8) is 0 Å². The molecule has 0 fully saturated rings. The standard InChI is InChI=1S/C15H25NO2S/c1-9(2)13(10(3)4)8-16-7-12-6-14(15(17)18)19-11(12)5/h6,9-10,13,16H,7-8H2,1-5H3,(H,17,18). The predicted octanol–water partition coefficient (Wildman–Crippen LogP) is 3.77. The highest BCUT2D eigenvalue weighted by atomic mass is 32.1. The molecule has 0 saturated carbocycles. The van der Waals surface area contributed by atoms with Crippen molar-refractivity contribution in [1.82, 2.24) is 5.32 Å². The number of aryl methyl sites for hydroxylation is 1. The molecule has 0 aliphatic rings. The summed E-state index contributed by atoms with van der Waals surface area (Å²) in [6.45, 7) is 12.7. The molecule has 108 valence electrons. The van der Waals surface area contributed by atoms with Gasteiger partial charge in [-0.25, -0.2) is 4.79 Å². The van der Waals surface area contributed by atoms with Gasteiger partial charge in [0.1, 0.15) is 4.88 Å². The smallest absolute Gasteiger partial charge is 0.345 e. The van der Waals surface area contributed by atoms with Crippen molar-refractivity contribution in [3.8, 4) is 0 Å². The molecule has 2 N–H and O–H groups in total. The van der Waals surface area contributed by atoms with Crippen molar-refractivity contribution in [2.45, 2.75) is 41.2 Å². The predicted molar refractivity (Wildman–Crippen MR) is 80.9 cm³/mol. The average molecular weight is 283 g/mol. The topological polar surface area (TPSA) is 49.3 Å². The van der Waals surface area contributed by atoms with Crippen molar-refractivity contribution < 1.29 is 9.90 Å². The molecule has 0 radical (unpaired) electrons. The third-order valence-corrected chi connectivity index (χ3v) is 4.72. The largest absolute Gasteiger partial charge is 0.477 e. The first-order valence-corrected chi connectivity index (χ1v) is 7.67. The minimum absolute atomic E-state index is 0.429. The number of aromatic carboxylic acids is 1. The highest BCUT2D eigenvalue weighted by Crippen LogP contribution is 2.22. The Kier molecular flexibility index (Phi) is 6.01. The van der Waals surface area contributed by atoms with Gasteiger partial charge < -0.3 is 10.4 Å². The molecule has 0 aromatic carbocycles. The third kappa shape index (κ3) is 4.62. The maximum atomic E-state index is 10.9. The molecule has 3 nitrogen and oxygen atoms in total. The van der Waals surface area contributed by atoms with Crippen LogP contribution in [0.15, 0.2) is 6.07 Å². The number of hydrogen-bond donors (Lipinski definition) is 2. The van der Waals surface area contributed by atoms with Crippen LogP contribution >= 0.6 is 11.3 Å². The van der Waals surface area contributed by atoms with Gasteiger partial charge in [0.25, 0.3) is 0 Å². The molecule has 0 aliphatic carbocycles. The number of carboxylic acids is 1. The lowest BCUT2D eigenvalue weighted by Crippen LogP contribution is -2.29. The molecule has 0 atom stereocenters. The zero-order valence-corrected chi connectivity index (χ0v) is 13.3. The van der Waals surface area contributed by atoms with Gasteiger partial charge in [0.05, 0.1) is 0 Å². The molecular weight excluding hydrogens is 258 g/mol. The molecule has 1 rings (SSSR count). The van der Waals surface area contributed by atoms with Gasteiger partial charge in [-0.3, -0.25) is 0 Å². The Labute approximate surface area is 120 Å². The number of hydrogen-bond acceptors (Lipinski definition) is 3. The molecule has 0 spiro atoms. The fraction of sp³-hybridized carbons (Fsp3) is 0.667. The van der Waals surface area contributed by atoms with Crippen LogP contribution in [0.4, 0.5) is 0 Å². The maximum absolute atomic E-state index is 10.9. The summed E-state index contributed by atoms with van der Waals surface area (Å²) in [4.78, 5) is 12.4. The van der Waals surface area contributed by atoms with E-state index < -0.39 is 5.97 Å². The summed E-state index contributed by atoms with van der Waals surface area (Å²) in [5, 5.41) is 12.4. The zero-order valence-electron chi connectivity index (χ0n) is 12.5. The Morgan fingerprint density at radius 1 is 1.32 bits per heavy atom. The fourth-order valence-corrected chi connectivity index (χ4v) is 3.30. The summed E-state index contributed by atoms with van der Waals surface area (Å²) in [5.74, 6) is 1.13. The van der Waals surface area contributed by atoms with Gasteiger partial charge in [0.15, 0.2) is 0 Å². The van der Waals surface area contributed by atoms with Crippen LogP contribution in [0.2, 0.25) is 0 Å². The van der Waals surface area contributed by atoms with Crippen molar-refractivity contribution in [2.24, 2.45) is 17.8 Å². The van der Waals surface area contributed by atoms with Crippen molar-refractivity contribution in [3.05, 3.63) is 21.4 Å². The Morgan fingerprint density at radius 3 is 2.32 bits per heavy atom. The molecule has 0 amide bonds. The second kappa shape index (κ2) is 7.06. The van der Waals surface area contributed by atoms with E-state index >= 15 is 0 Å². The Morgan fingerprint density at radius 2 is 1.89 bits per heavy atom. The Balaban J connectivity index is 2.55. The van der Waals surface area contributed by atoms with E-state index in [1.807, 2.05) is 6.92 Å². The molecule has 1 heterocycles. The van der Waals surface area contributed by atoms with E-state index in [0.29, 0.717) is 22.6 Å². The highest BCUT2D eigenvalue weighted by molar-refractivity contribution is 7.14. The molecular formula is C15H25NO2S. The quantitative estimate of drug-likeness (QED) is 0.801. The van der Waals surface area contributed by atoms with Crippen LogP contribution in [0.25, 0.3) is 0 Å². The van der Waals surface area contributed by atoms with Gasteiger partial charge in [0, 0.05) is 11.4 Å². The van der Waals surface area contributed by atoms with E-state index in [0.717, 1.165) is 23.5 Å². The van der Waals surface area contributed by atoms with Gasteiger partial charge in [-0.05, 0) is 42.9 Å². The summed E-state index contributed by atoms with van der Waals surface area (Å²) < 4.78 is 0. The fourth-order valence-electron chi connectivity index (χ4n) is 2.42. The Hall–Kier alpha value is -0.870. The average Bonchev–Trinajstić information content (AvgIpc) is 2.65. The number of rotatable bonds is 7. The SMILES string of the molecule is Cc1sc(C(=O)O)cc1CNCC(C(C)C)C(C)C. The van der Waals surface area contributed by atoms with Crippen LogP contribution in [-0.4, -0.2) is 17.6 Å². The lowest BCUT2D eigenvalue weighted by molar-refractivity contribution is 0.0702. The molecule has 0 aliphatic heterocycles. The van der Waals surface area contributed by atoms with Crippen LogP contribution < -0.4 is 5.32 Å². The van der Waals surface area contributed by atoms with E-state index in [1.54, 1.807) is 6.07 Å². The normalized spacial score (nSPS) is 11.8. The van der Waals surface area contributed by atoms with E-state index in [4.69, 9.17) is 5.11 Å². The summed E-state index contributed by atoms with van der Waals surface area (Å²) >= 11 is 1.35. The van der Waals surface area contributed by atoms with E-state index in [2.05, 4.69) is 33.0 Å². The second-order valence-corrected chi connectivity index (χ2v) is 7.04. The molecule has 0 bridgehead atoms. The van der Waals surface area contributed by atoms with Crippen molar-refractivity contribution in [1.29, 1.82) is 0 Å². The van der Waals surface area contributed by atoms with Crippen LogP contribution in [0, 0.1) is 24.7 Å². The Bertz CT molecular complexity index is 416. The molecule has 4 heteroatoms. The van der Waals surface area contributed by atoms with Crippen molar-refractivity contribution >= 4 is 17.3 Å². The van der Waals surface area contributed by atoms with Crippen LogP contribution in [0.5, 0.6) is 0 Å². The summed E-state index contributed by atoms with van der Waals surface area (Å²) in [5.41, 5.74) is 1.11.